The topological polar surface area (TPSA) is 69.0 Å². The van der Waals surface area contributed by atoms with E-state index in [0.717, 1.165) is 25.0 Å². The van der Waals surface area contributed by atoms with Crippen LogP contribution in [0.1, 0.15) is 87.7 Å². The van der Waals surface area contributed by atoms with Gasteiger partial charge in [-0.05, 0) is 71.1 Å². The number of hydrogen-bond donors (Lipinski definition) is 0. The second-order valence-electron chi connectivity index (χ2n) is 11.6. The SMILES string of the molecule is C[C@@H]1c2ccccc2CCN1C(=O)c1cc(C2(C)CC2)n2nc(B3OC(C)(C)C(C)(C)O3)cc2n1. The third-order valence-corrected chi connectivity index (χ3v) is 8.63. The van der Waals surface area contributed by atoms with Crippen LogP contribution in [-0.2, 0) is 21.1 Å². The molecule has 1 saturated heterocycles. The van der Waals surface area contributed by atoms with Crippen molar-refractivity contribution in [3.05, 3.63) is 58.9 Å². The first-order valence-corrected chi connectivity index (χ1v) is 12.6. The average molecular weight is 472 g/mol. The van der Waals surface area contributed by atoms with Gasteiger partial charge < -0.3 is 14.2 Å². The van der Waals surface area contributed by atoms with Gasteiger partial charge in [0.05, 0.1) is 28.5 Å². The lowest BCUT2D eigenvalue weighted by atomic mass is 9.85. The fraction of sp³-hybridized carbons (Fsp3) is 0.519. The van der Waals surface area contributed by atoms with Crippen molar-refractivity contribution in [3.63, 3.8) is 0 Å². The van der Waals surface area contributed by atoms with E-state index in [4.69, 9.17) is 19.4 Å². The lowest BCUT2D eigenvalue weighted by Crippen LogP contribution is -2.41. The molecule has 1 saturated carbocycles. The number of rotatable bonds is 3. The maximum atomic E-state index is 13.8. The molecule has 1 aromatic carbocycles. The van der Waals surface area contributed by atoms with Crippen molar-refractivity contribution in [1.82, 2.24) is 19.5 Å². The third kappa shape index (κ3) is 3.52. The average Bonchev–Trinajstić information content (AvgIpc) is 3.33. The highest BCUT2D eigenvalue weighted by Gasteiger charge is 2.53. The minimum absolute atomic E-state index is 0.00441. The van der Waals surface area contributed by atoms with Gasteiger partial charge in [-0.1, -0.05) is 31.2 Å². The van der Waals surface area contributed by atoms with Crippen LogP contribution in [-0.4, -0.2) is 50.3 Å². The summed E-state index contributed by atoms with van der Waals surface area (Å²) < 4.78 is 14.4. The van der Waals surface area contributed by atoms with Gasteiger partial charge in [0.15, 0.2) is 5.65 Å². The van der Waals surface area contributed by atoms with Crippen LogP contribution < -0.4 is 5.59 Å². The highest BCUT2D eigenvalue weighted by molar-refractivity contribution is 6.61. The predicted octanol–water partition coefficient (Wildman–Crippen LogP) is 3.84. The fourth-order valence-corrected chi connectivity index (χ4v) is 5.25. The predicted molar refractivity (Wildman–Crippen MR) is 135 cm³/mol. The van der Waals surface area contributed by atoms with E-state index in [1.807, 2.05) is 55.3 Å². The van der Waals surface area contributed by atoms with Gasteiger partial charge in [0, 0.05) is 18.0 Å². The maximum Gasteiger partial charge on any atom is 0.516 e. The van der Waals surface area contributed by atoms with Crippen LogP contribution in [0.3, 0.4) is 0 Å². The molecule has 1 aliphatic carbocycles. The van der Waals surface area contributed by atoms with Gasteiger partial charge in [-0.2, -0.15) is 5.10 Å². The summed E-state index contributed by atoms with van der Waals surface area (Å²) in [5.41, 5.74) is 4.49. The van der Waals surface area contributed by atoms with Crippen molar-refractivity contribution in [1.29, 1.82) is 0 Å². The van der Waals surface area contributed by atoms with Crippen LogP contribution in [0.25, 0.3) is 5.65 Å². The van der Waals surface area contributed by atoms with E-state index in [-0.39, 0.29) is 17.4 Å². The number of hydrogen-bond acceptors (Lipinski definition) is 5. The molecular formula is C27H33BN4O3. The summed E-state index contributed by atoms with van der Waals surface area (Å²) >= 11 is 0. The fourth-order valence-electron chi connectivity index (χ4n) is 5.25. The van der Waals surface area contributed by atoms with E-state index in [1.54, 1.807) is 0 Å². The van der Waals surface area contributed by atoms with Crippen LogP contribution in [0, 0.1) is 0 Å². The van der Waals surface area contributed by atoms with Crippen LogP contribution in [0.15, 0.2) is 36.4 Å². The van der Waals surface area contributed by atoms with Gasteiger partial charge in [-0.25, -0.2) is 9.50 Å². The van der Waals surface area contributed by atoms with Crippen molar-refractivity contribution in [2.45, 2.75) is 83.5 Å². The number of carbonyl (C=O) groups excluding carboxylic acids is 1. The van der Waals surface area contributed by atoms with Crippen LogP contribution in [0.5, 0.6) is 0 Å². The molecule has 0 bridgehead atoms. The number of benzene rings is 1. The maximum absolute atomic E-state index is 13.8. The van der Waals surface area contributed by atoms with E-state index >= 15 is 0 Å². The van der Waals surface area contributed by atoms with E-state index in [1.165, 1.54) is 11.1 Å². The Hall–Kier alpha value is -2.71. The van der Waals surface area contributed by atoms with Crippen LogP contribution in [0.4, 0.5) is 0 Å². The summed E-state index contributed by atoms with van der Waals surface area (Å²) in [7, 11) is -0.570. The number of carbonyl (C=O) groups is 1. The summed E-state index contributed by atoms with van der Waals surface area (Å²) in [5, 5.41) is 4.87. The zero-order chi connectivity index (χ0) is 24.8. The Morgan fingerprint density at radius 1 is 1.06 bits per heavy atom. The second-order valence-corrected chi connectivity index (χ2v) is 11.6. The number of aromatic nitrogens is 3. The van der Waals surface area contributed by atoms with E-state index in [2.05, 4.69) is 32.0 Å². The first-order chi connectivity index (χ1) is 16.5. The Balaban J connectivity index is 1.39. The lowest BCUT2D eigenvalue weighted by Gasteiger charge is -2.35. The van der Waals surface area contributed by atoms with Crippen molar-refractivity contribution in [2.75, 3.05) is 6.54 Å². The van der Waals surface area contributed by atoms with Crippen molar-refractivity contribution in [3.8, 4) is 0 Å². The normalized spacial score (nSPS) is 24.0. The van der Waals surface area contributed by atoms with Gasteiger partial charge in [-0.15, -0.1) is 0 Å². The molecule has 4 heterocycles. The van der Waals surface area contributed by atoms with E-state index < -0.39 is 18.3 Å². The highest BCUT2D eigenvalue weighted by atomic mass is 16.7. The minimum Gasteiger partial charge on any atom is -0.398 e. The molecule has 0 spiro atoms. The summed E-state index contributed by atoms with van der Waals surface area (Å²) in [6.07, 6.45) is 3.00. The van der Waals surface area contributed by atoms with Gasteiger partial charge in [0.1, 0.15) is 5.69 Å². The Labute approximate surface area is 207 Å². The summed E-state index contributed by atoms with van der Waals surface area (Å²) in [5.74, 6) is -0.0293. The smallest absolute Gasteiger partial charge is 0.398 e. The molecule has 1 amide bonds. The van der Waals surface area contributed by atoms with Crippen LogP contribution in [0.2, 0.25) is 0 Å². The third-order valence-electron chi connectivity index (χ3n) is 8.63. The summed E-state index contributed by atoms with van der Waals surface area (Å²) in [6, 6.07) is 12.3. The molecule has 1 atom stereocenters. The van der Waals surface area contributed by atoms with Crippen molar-refractivity contribution in [2.24, 2.45) is 0 Å². The Bertz CT molecular complexity index is 1330. The molecule has 6 rings (SSSR count). The molecule has 3 aromatic rings. The molecule has 3 aliphatic rings. The first-order valence-electron chi connectivity index (χ1n) is 12.6. The van der Waals surface area contributed by atoms with Gasteiger partial charge in [0.2, 0.25) is 0 Å². The monoisotopic (exact) mass is 472 g/mol. The zero-order valence-electron chi connectivity index (χ0n) is 21.5. The molecule has 2 aliphatic heterocycles. The Kier molecular flexibility index (Phi) is 4.81. The second kappa shape index (κ2) is 7.40. The molecule has 35 heavy (non-hydrogen) atoms. The number of amides is 1. The first kappa shape index (κ1) is 22.7. The van der Waals surface area contributed by atoms with Gasteiger partial charge >= 0.3 is 7.12 Å². The number of fused-ring (bicyclic) bond motifs is 2. The Morgan fingerprint density at radius 3 is 2.43 bits per heavy atom. The zero-order valence-corrected chi connectivity index (χ0v) is 21.5. The molecule has 2 fully saturated rings. The molecule has 182 valence electrons. The quantitative estimate of drug-likeness (QED) is 0.542. The molecular weight excluding hydrogens is 439 g/mol. The molecule has 0 unspecified atom stereocenters. The standard InChI is InChI=1S/C27H33BN4O3/c1-17-19-10-8-7-9-18(19)11-14-31(17)24(33)20-15-21(27(6)12-13-27)32-23(29-20)16-22(30-32)28-34-25(2,3)26(4,5)35-28/h7-10,15-17H,11-14H2,1-6H3/t17-/m1/s1. The molecule has 2 aromatic heterocycles. The summed E-state index contributed by atoms with van der Waals surface area (Å²) in [6.45, 7) is 13.2. The van der Waals surface area contributed by atoms with Crippen molar-refractivity contribution >= 4 is 24.3 Å². The van der Waals surface area contributed by atoms with Crippen LogP contribution >= 0.6 is 0 Å². The van der Waals surface area contributed by atoms with Gasteiger partial charge in [-0.3, -0.25) is 4.79 Å². The number of nitrogens with zero attached hydrogens (tertiary/aromatic N) is 4. The lowest BCUT2D eigenvalue weighted by molar-refractivity contribution is 0.00578. The largest absolute Gasteiger partial charge is 0.516 e. The molecule has 0 N–H and O–H groups in total. The van der Waals surface area contributed by atoms with E-state index in [9.17, 15) is 4.79 Å². The minimum atomic E-state index is -0.570. The summed E-state index contributed by atoms with van der Waals surface area (Å²) in [4.78, 5) is 20.5. The Morgan fingerprint density at radius 2 is 1.74 bits per heavy atom. The highest BCUT2D eigenvalue weighted by Crippen LogP contribution is 2.47. The molecule has 0 radical (unpaired) electrons. The van der Waals surface area contributed by atoms with Crippen molar-refractivity contribution < 1.29 is 14.1 Å². The molecule has 8 heteroatoms. The van der Waals surface area contributed by atoms with Gasteiger partial charge in [0.25, 0.3) is 5.91 Å². The van der Waals surface area contributed by atoms with E-state index in [0.29, 0.717) is 23.5 Å². The molecule has 7 nitrogen and oxygen atoms in total.